The molecule has 0 amide bonds. The van der Waals surface area contributed by atoms with Crippen molar-refractivity contribution in [1.82, 2.24) is 9.97 Å². The van der Waals surface area contributed by atoms with E-state index in [-0.39, 0.29) is 6.04 Å². The van der Waals surface area contributed by atoms with Gasteiger partial charge in [-0.3, -0.25) is 0 Å². The first-order valence-corrected chi connectivity index (χ1v) is 4.95. The van der Waals surface area contributed by atoms with Crippen LogP contribution in [0.1, 0.15) is 18.5 Å². The van der Waals surface area contributed by atoms with Crippen molar-refractivity contribution < 1.29 is 0 Å². The quantitative estimate of drug-likeness (QED) is 0.825. The molecule has 1 aromatic heterocycles. The molecule has 2 rings (SSSR count). The SMILES string of the molecule is C[C@H](Nc1ncccn1)c1ccccc1. The van der Waals surface area contributed by atoms with Gasteiger partial charge in [-0.05, 0) is 18.6 Å². The summed E-state index contributed by atoms with van der Waals surface area (Å²) in [5.74, 6) is 0.661. The lowest BCUT2D eigenvalue weighted by Crippen LogP contribution is -2.08. The molecule has 1 atom stereocenters. The molecule has 0 fully saturated rings. The molecule has 0 aliphatic rings. The van der Waals surface area contributed by atoms with Crippen LogP contribution in [0.3, 0.4) is 0 Å². The van der Waals surface area contributed by atoms with Crippen LogP contribution in [0.15, 0.2) is 48.8 Å². The van der Waals surface area contributed by atoms with Crippen molar-refractivity contribution >= 4 is 5.95 Å². The van der Waals surface area contributed by atoms with Crippen LogP contribution < -0.4 is 5.32 Å². The molecular formula is C12H13N3. The van der Waals surface area contributed by atoms with Gasteiger partial charge < -0.3 is 5.32 Å². The monoisotopic (exact) mass is 199 g/mol. The van der Waals surface area contributed by atoms with Crippen molar-refractivity contribution in [1.29, 1.82) is 0 Å². The third-order valence-electron chi connectivity index (χ3n) is 2.21. The summed E-state index contributed by atoms with van der Waals surface area (Å²) in [6.07, 6.45) is 3.46. The van der Waals surface area contributed by atoms with E-state index in [9.17, 15) is 0 Å². The van der Waals surface area contributed by atoms with Gasteiger partial charge in [0.05, 0.1) is 6.04 Å². The highest BCUT2D eigenvalue weighted by Gasteiger charge is 2.04. The molecule has 1 N–H and O–H groups in total. The molecule has 2 aromatic rings. The maximum absolute atomic E-state index is 4.12. The standard InChI is InChI=1S/C12H13N3/c1-10(11-6-3-2-4-7-11)15-12-13-8-5-9-14-12/h2-10H,1H3,(H,13,14,15)/t10-/m0/s1. The van der Waals surface area contributed by atoms with E-state index in [4.69, 9.17) is 0 Å². The van der Waals surface area contributed by atoms with Gasteiger partial charge in [-0.2, -0.15) is 0 Å². The van der Waals surface area contributed by atoms with Gasteiger partial charge in [-0.1, -0.05) is 30.3 Å². The average Bonchev–Trinajstić information content (AvgIpc) is 2.31. The maximum atomic E-state index is 4.12. The molecular weight excluding hydrogens is 186 g/mol. The zero-order valence-corrected chi connectivity index (χ0v) is 8.59. The molecule has 1 heterocycles. The Morgan fingerprint density at radius 1 is 1.00 bits per heavy atom. The fourth-order valence-corrected chi connectivity index (χ4v) is 1.39. The highest BCUT2D eigenvalue weighted by atomic mass is 15.1. The molecule has 0 aliphatic heterocycles. The highest BCUT2D eigenvalue weighted by molar-refractivity contribution is 5.30. The van der Waals surface area contributed by atoms with E-state index >= 15 is 0 Å². The molecule has 76 valence electrons. The summed E-state index contributed by atoms with van der Waals surface area (Å²) < 4.78 is 0. The van der Waals surface area contributed by atoms with Gasteiger partial charge in [-0.25, -0.2) is 9.97 Å². The van der Waals surface area contributed by atoms with Crippen molar-refractivity contribution in [2.45, 2.75) is 13.0 Å². The van der Waals surface area contributed by atoms with E-state index in [0.29, 0.717) is 5.95 Å². The van der Waals surface area contributed by atoms with Gasteiger partial charge in [0.1, 0.15) is 0 Å². The van der Waals surface area contributed by atoms with Crippen LogP contribution in [0.2, 0.25) is 0 Å². The van der Waals surface area contributed by atoms with E-state index in [1.807, 2.05) is 18.2 Å². The van der Waals surface area contributed by atoms with Gasteiger partial charge in [0.25, 0.3) is 0 Å². The summed E-state index contributed by atoms with van der Waals surface area (Å²) in [6.45, 7) is 2.09. The third-order valence-corrected chi connectivity index (χ3v) is 2.21. The van der Waals surface area contributed by atoms with Crippen LogP contribution in [0.4, 0.5) is 5.95 Å². The van der Waals surface area contributed by atoms with Crippen molar-refractivity contribution in [2.75, 3.05) is 5.32 Å². The second-order valence-corrected chi connectivity index (χ2v) is 3.35. The Kier molecular flexibility index (Phi) is 2.93. The largest absolute Gasteiger partial charge is 0.348 e. The molecule has 3 nitrogen and oxygen atoms in total. The molecule has 0 saturated carbocycles. The number of nitrogens with zero attached hydrogens (tertiary/aromatic N) is 2. The summed E-state index contributed by atoms with van der Waals surface area (Å²) in [7, 11) is 0. The third kappa shape index (κ3) is 2.53. The molecule has 0 saturated heterocycles. The lowest BCUT2D eigenvalue weighted by atomic mass is 10.1. The van der Waals surface area contributed by atoms with Crippen molar-refractivity contribution in [2.24, 2.45) is 0 Å². The zero-order valence-electron chi connectivity index (χ0n) is 8.59. The summed E-state index contributed by atoms with van der Waals surface area (Å²) in [5, 5.41) is 3.24. The van der Waals surface area contributed by atoms with Crippen LogP contribution in [0.25, 0.3) is 0 Å². The minimum absolute atomic E-state index is 0.216. The minimum Gasteiger partial charge on any atom is -0.348 e. The minimum atomic E-state index is 0.216. The summed E-state index contributed by atoms with van der Waals surface area (Å²) in [5.41, 5.74) is 1.23. The Morgan fingerprint density at radius 3 is 2.33 bits per heavy atom. The summed E-state index contributed by atoms with van der Waals surface area (Å²) in [4.78, 5) is 8.24. The van der Waals surface area contributed by atoms with Gasteiger partial charge in [0.2, 0.25) is 5.95 Å². The average molecular weight is 199 g/mol. The zero-order chi connectivity index (χ0) is 10.5. The van der Waals surface area contributed by atoms with Crippen LogP contribution in [0.5, 0.6) is 0 Å². The first-order chi connectivity index (χ1) is 7.36. The number of rotatable bonds is 3. The highest BCUT2D eigenvalue weighted by Crippen LogP contribution is 2.15. The van der Waals surface area contributed by atoms with Crippen molar-refractivity contribution in [3.63, 3.8) is 0 Å². The van der Waals surface area contributed by atoms with Gasteiger partial charge in [0.15, 0.2) is 0 Å². The molecule has 0 radical (unpaired) electrons. The number of hydrogen-bond donors (Lipinski definition) is 1. The smallest absolute Gasteiger partial charge is 0.223 e. The number of anilines is 1. The lowest BCUT2D eigenvalue weighted by molar-refractivity contribution is 0.860. The van der Waals surface area contributed by atoms with Gasteiger partial charge in [-0.15, -0.1) is 0 Å². The van der Waals surface area contributed by atoms with Crippen LogP contribution in [-0.4, -0.2) is 9.97 Å². The Balaban J connectivity index is 2.08. The molecule has 0 aliphatic carbocycles. The topological polar surface area (TPSA) is 37.8 Å². The van der Waals surface area contributed by atoms with Crippen LogP contribution >= 0.6 is 0 Å². The number of benzene rings is 1. The first kappa shape index (κ1) is 9.65. The number of nitrogens with one attached hydrogen (secondary N) is 1. The van der Waals surface area contributed by atoms with Gasteiger partial charge in [0, 0.05) is 12.4 Å². The Morgan fingerprint density at radius 2 is 1.67 bits per heavy atom. The van der Waals surface area contributed by atoms with E-state index in [1.165, 1.54) is 5.56 Å². The molecule has 0 bridgehead atoms. The van der Waals surface area contributed by atoms with Crippen molar-refractivity contribution in [3.05, 3.63) is 54.4 Å². The second kappa shape index (κ2) is 4.55. The molecule has 0 spiro atoms. The summed E-state index contributed by atoms with van der Waals surface area (Å²) in [6, 6.07) is 12.3. The van der Waals surface area contributed by atoms with E-state index in [0.717, 1.165) is 0 Å². The normalized spacial score (nSPS) is 12.1. The molecule has 15 heavy (non-hydrogen) atoms. The number of hydrogen-bond acceptors (Lipinski definition) is 3. The van der Waals surface area contributed by atoms with E-state index in [1.54, 1.807) is 18.5 Å². The fourth-order valence-electron chi connectivity index (χ4n) is 1.39. The predicted molar refractivity (Wildman–Crippen MR) is 60.5 cm³/mol. The fraction of sp³-hybridized carbons (Fsp3) is 0.167. The number of aromatic nitrogens is 2. The molecule has 3 heteroatoms. The summed E-state index contributed by atoms with van der Waals surface area (Å²) >= 11 is 0. The van der Waals surface area contributed by atoms with Crippen LogP contribution in [0, 0.1) is 0 Å². The first-order valence-electron chi connectivity index (χ1n) is 4.95. The Bertz CT molecular complexity index is 400. The predicted octanol–water partition coefficient (Wildman–Crippen LogP) is 2.65. The Labute approximate surface area is 89.2 Å². The van der Waals surface area contributed by atoms with Crippen LogP contribution in [-0.2, 0) is 0 Å². The van der Waals surface area contributed by atoms with Gasteiger partial charge >= 0.3 is 0 Å². The van der Waals surface area contributed by atoms with Crippen molar-refractivity contribution in [3.8, 4) is 0 Å². The van der Waals surface area contributed by atoms with E-state index < -0.39 is 0 Å². The van der Waals surface area contributed by atoms with E-state index in [2.05, 4.69) is 34.3 Å². The molecule has 1 aromatic carbocycles. The maximum Gasteiger partial charge on any atom is 0.223 e. The molecule has 0 unspecified atom stereocenters. The second-order valence-electron chi connectivity index (χ2n) is 3.35. The Hall–Kier alpha value is -1.90. The lowest BCUT2D eigenvalue weighted by Gasteiger charge is -2.13.